The zero-order valence-electron chi connectivity index (χ0n) is 17.9. The molecule has 11 heteroatoms. The molecule has 176 valence electrons. The van der Waals surface area contributed by atoms with Gasteiger partial charge in [0.05, 0.1) is 0 Å². The molecular formula is C23H21F2N5O3S. The van der Waals surface area contributed by atoms with Crippen LogP contribution in [0.5, 0.6) is 0 Å². The number of para-hydroxylation sites is 1. The number of amides is 1. The number of hydrogen-bond acceptors (Lipinski definition) is 4. The minimum Gasteiger partial charge on any atom is -0.322 e. The number of aromatic nitrogens is 3. The molecule has 8 nitrogen and oxygen atoms in total. The van der Waals surface area contributed by atoms with Crippen molar-refractivity contribution in [3.8, 4) is 5.82 Å². The Bertz CT molecular complexity index is 1440. The molecule has 4 aromatic rings. The monoisotopic (exact) mass is 485 g/mol. The Labute approximate surface area is 194 Å². The van der Waals surface area contributed by atoms with Crippen molar-refractivity contribution < 1.29 is 22.0 Å². The van der Waals surface area contributed by atoms with Gasteiger partial charge in [-0.05, 0) is 36.4 Å². The van der Waals surface area contributed by atoms with Gasteiger partial charge in [-0.2, -0.15) is 4.31 Å². The molecule has 0 aliphatic carbocycles. The van der Waals surface area contributed by atoms with Gasteiger partial charge in [-0.15, -0.1) is 0 Å². The standard InChI is InChI=1S/C23H21F2N5O3S/c24-23(25)9-14-29(15-10-23)34(32,33)22-20(28-11-4-5-12-28)27-19-16-17(8-13-30(19)22)21(31)26-18-6-2-1-3-7-18/h1-8,11-13,16H,9-10,14-15H2,(H,26,31). The Morgan fingerprint density at radius 1 is 0.971 bits per heavy atom. The van der Waals surface area contributed by atoms with Crippen molar-refractivity contribution in [2.75, 3.05) is 18.4 Å². The number of anilines is 1. The molecular weight excluding hydrogens is 464 g/mol. The van der Waals surface area contributed by atoms with Gasteiger partial charge in [-0.1, -0.05) is 18.2 Å². The number of nitrogens with one attached hydrogen (secondary N) is 1. The molecule has 0 atom stereocenters. The predicted octanol–water partition coefficient (Wildman–Crippen LogP) is 3.80. The zero-order valence-corrected chi connectivity index (χ0v) is 18.8. The largest absolute Gasteiger partial charge is 0.322 e. The minimum absolute atomic E-state index is 0.128. The number of pyridine rings is 1. The van der Waals surface area contributed by atoms with E-state index in [9.17, 15) is 22.0 Å². The Morgan fingerprint density at radius 2 is 1.65 bits per heavy atom. The van der Waals surface area contributed by atoms with Crippen molar-refractivity contribution in [2.24, 2.45) is 0 Å². The minimum atomic E-state index is -4.15. The van der Waals surface area contributed by atoms with E-state index in [-0.39, 0.29) is 35.5 Å². The first kappa shape index (κ1) is 22.2. The van der Waals surface area contributed by atoms with Crippen molar-refractivity contribution in [2.45, 2.75) is 23.8 Å². The summed E-state index contributed by atoms with van der Waals surface area (Å²) < 4.78 is 58.5. The highest BCUT2D eigenvalue weighted by atomic mass is 32.2. The molecule has 1 fully saturated rings. The Hall–Kier alpha value is -3.57. The van der Waals surface area contributed by atoms with Crippen LogP contribution in [0.25, 0.3) is 11.5 Å². The summed E-state index contributed by atoms with van der Waals surface area (Å²) in [5.41, 5.74) is 1.15. The highest BCUT2D eigenvalue weighted by Crippen LogP contribution is 2.33. The average molecular weight is 486 g/mol. The van der Waals surface area contributed by atoms with Gasteiger partial charge in [0.1, 0.15) is 5.65 Å². The fraction of sp³-hybridized carbons (Fsp3) is 0.217. The number of rotatable bonds is 5. The van der Waals surface area contributed by atoms with Crippen molar-refractivity contribution in [1.82, 2.24) is 18.3 Å². The molecule has 0 bridgehead atoms. The van der Waals surface area contributed by atoms with Crippen LogP contribution in [0.3, 0.4) is 0 Å². The lowest BCUT2D eigenvalue weighted by atomic mass is 10.1. The number of alkyl halides is 2. The van der Waals surface area contributed by atoms with E-state index in [0.29, 0.717) is 11.3 Å². The van der Waals surface area contributed by atoms with E-state index in [0.717, 1.165) is 4.31 Å². The molecule has 5 rings (SSSR count). The van der Waals surface area contributed by atoms with Crippen LogP contribution in [-0.2, 0) is 10.0 Å². The molecule has 0 radical (unpaired) electrons. The van der Waals surface area contributed by atoms with Crippen molar-refractivity contribution in [1.29, 1.82) is 0 Å². The van der Waals surface area contributed by atoms with Gasteiger partial charge < -0.3 is 9.88 Å². The summed E-state index contributed by atoms with van der Waals surface area (Å²) in [5, 5.41) is 2.64. The number of benzene rings is 1. The Kier molecular flexibility index (Phi) is 5.45. The van der Waals surface area contributed by atoms with Crippen molar-refractivity contribution >= 4 is 27.3 Å². The van der Waals surface area contributed by atoms with E-state index in [4.69, 9.17) is 0 Å². The summed E-state index contributed by atoms with van der Waals surface area (Å²) in [7, 11) is -4.15. The molecule has 34 heavy (non-hydrogen) atoms. The quantitative estimate of drug-likeness (QED) is 0.466. The summed E-state index contributed by atoms with van der Waals surface area (Å²) in [6.45, 7) is -0.573. The summed E-state index contributed by atoms with van der Waals surface area (Å²) in [4.78, 5) is 17.2. The van der Waals surface area contributed by atoms with E-state index in [1.807, 2.05) is 6.07 Å². The van der Waals surface area contributed by atoms with E-state index in [1.165, 1.54) is 22.7 Å². The number of fused-ring (bicyclic) bond motifs is 1. The van der Waals surface area contributed by atoms with Gasteiger partial charge in [0.25, 0.3) is 21.9 Å². The number of halogens is 2. The summed E-state index contributed by atoms with van der Waals surface area (Å²) in [6.07, 6.45) is 3.68. The van der Waals surface area contributed by atoms with Gasteiger partial charge in [0, 0.05) is 55.8 Å². The molecule has 0 saturated carbocycles. The summed E-state index contributed by atoms with van der Waals surface area (Å²) in [6, 6.07) is 15.4. The second kappa shape index (κ2) is 8.33. The fourth-order valence-corrected chi connectivity index (χ4v) is 5.63. The third-order valence-electron chi connectivity index (χ3n) is 5.75. The van der Waals surface area contributed by atoms with Crippen molar-refractivity contribution in [3.05, 3.63) is 78.8 Å². The first-order valence-electron chi connectivity index (χ1n) is 10.6. The molecule has 1 saturated heterocycles. The van der Waals surface area contributed by atoms with Gasteiger partial charge in [-0.25, -0.2) is 22.2 Å². The number of carbonyl (C=O) groups excluding carboxylic acids is 1. The van der Waals surface area contributed by atoms with Crippen LogP contribution in [0.4, 0.5) is 14.5 Å². The highest BCUT2D eigenvalue weighted by Gasteiger charge is 2.41. The normalized spacial score (nSPS) is 16.5. The van der Waals surface area contributed by atoms with Crippen LogP contribution in [0.15, 0.2) is 78.2 Å². The second-order valence-electron chi connectivity index (χ2n) is 8.05. The van der Waals surface area contributed by atoms with E-state index >= 15 is 0 Å². The van der Waals surface area contributed by atoms with Crippen LogP contribution in [0.1, 0.15) is 23.2 Å². The van der Waals surface area contributed by atoms with Gasteiger partial charge in [0.15, 0.2) is 10.8 Å². The lowest BCUT2D eigenvalue weighted by Gasteiger charge is -2.30. The molecule has 3 aromatic heterocycles. The molecule has 1 N–H and O–H groups in total. The molecule has 1 amide bonds. The first-order chi connectivity index (χ1) is 16.2. The predicted molar refractivity (Wildman–Crippen MR) is 122 cm³/mol. The number of imidazole rings is 1. The average Bonchev–Trinajstić information content (AvgIpc) is 3.47. The molecule has 0 unspecified atom stereocenters. The highest BCUT2D eigenvalue weighted by molar-refractivity contribution is 7.89. The molecule has 0 spiro atoms. The Balaban J connectivity index is 1.57. The lowest BCUT2D eigenvalue weighted by Crippen LogP contribution is -2.43. The maximum atomic E-state index is 13.7. The van der Waals surface area contributed by atoms with Crippen LogP contribution in [0, 0.1) is 0 Å². The topological polar surface area (TPSA) is 88.7 Å². The molecule has 1 aliphatic rings. The van der Waals surface area contributed by atoms with Crippen LogP contribution in [-0.4, -0.2) is 51.6 Å². The van der Waals surface area contributed by atoms with Crippen LogP contribution < -0.4 is 5.32 Å². The van der Waals surface area contributed by atoms with Crippen LogP contribution >= 0.6 is 0 Å². The maximum Gasteiger partial charge on any atom is 0.262 e. The first-order valence-corrected chi connectivity index (χ1v) is 12.1. The molecule has 4 heterocycles. The van der Waals surface area contributed by atoms with E-state index in [1.54, 1.807) is 53.4 Å². The fourth-order valence-electron chi connectivity index (χ4n) is 3.94. The molecule has 1 aliphatic heterocycles. The number of piperidine rings is 1. The SMILES string of the molecule is O=C(Nc1ccccc1)c1ccn2c(S(=O)(=O)N3CCC(F)(F)CC3)c(-n3cccc3)nc2c1. The number of nitrogens with zero attached hydrogens (tertiary/aromatic N) is 4. The van der Waals surface area contributed by atoms with E-state index in [2.05, 4.69) is 10.3 Å². The second-order valence-corrected chi connectivity index (χ2v) is 9.91. The van der Waals surface area contributed by atoms with Gasteiger partial charge in [0.2, 0.25) is 0 Å². The summed E-state index contributed by atoms with van der Waals surface area (Å²) >= 11 is 0. The third-order valence-corrected chi connectivity index (χ3v) is 7.66. The summed E-state index contributed by atoms with van der Waals surface area (Å²) in [5.74, 6) is -3.12. The lowest BCUT2D eigenvalue weighted by molar-refractivity contribution is -0.0412. The Morgan fingerprint density at radius 3 is 2.32 bits per heavy atom. The van der Waals surface area contributed by atoms with E-state index < -0.39 is 28.8 Å². The number of carbonyl (C=O) groups is 1. The van der Waals surface area contributed by atoms with Gasteiger partial charge >= 0.3 is 0 Å². The maximum absolute atomic E-state index is 13.7. The zero-order chi connectivity index (χ0) is 23.9. The third kappa shape index (κ3) is 4.08. The molecule has 1 aromatic carbocycles. The van der Waals surface area contributed by atoms with Gasteiger partial charge in [-0.3, -0.25) is 9.20 Å². The van der Waals surface area contributed by atoms with Crippen LogP contribution in [0.2, 0.25) is 0 Å². The number of sulfonamides is 1. The number of hydrogen-bond donors (Lipinski definition) is 1. The van der Waals surface area contributed by atoms with Crippen molar-refractivity contribution in [3.63, 3.8) is 0 Å². The smallest absolute Gasteiger partial charge is 0.262 e.